The Labute approximate surface area is 206 Å². The van der Waals surface area contributed by atoms with Crippen LogP contribution < -0.4 is 10.3 Å². The lowest BCUT2D eigenvalue weighted by Gasteiger charge is -2.16. The van der Waals surface area contributed by atoms with Gasteiger partial charge in [-0.1, -0.05) is 30.0 Å². The van der Waals surface area contributed by atoms with Crippen LogP contribution in [0.4, 0.5) is 4.39 Å². The number of likely N-dealkylation sites (tertiary alicyclic amines) is 1. The van der Waals surface area contributed by atoms with Gasteiger partial charge in [-0.3, -0.25) is 14.2 Å². The van der Waals surface area contributed by atoms with Crippen molar-refractivity contribution in [3.05, 3.63) is 94.0 Å². The maximum absolute atomic E-state index is 14.3. The van der Waals surface area contributed by atoms with E-state index in [0.29, 0.717) is 44.4 Å². The zero-order valence-corrected chi connectivity index (χ0v) is 20.1. The number of hydrogen-bond acceptors (Lipinski definition) is 5. The second-order valence-corrected chi connectivity index (χ2v) is 9.29. The summed E-state index contributed by atoms with van der Waals surface area (Å²) >= 11 is 1.27. The van der Waals surface area contributed by atoms with Gasteiger partial charge in [-0.15, -0.1) is 0 Å². The smallest absolute Gasteiger partial charge is 0.266 e. The van der Waals surface area contributed by atoms with E-state index in [0.717, 1.165) is 25.9 Å². The van der Waals surface area contributed by atoms with Crippen LogP contribution in [-0.2, 0) is 5.75 Å². The van der Waals surface area contributed by atoms with E-state index >= 15 is 0 Å². The molecule has 0 atom stereocenters. The van der Waals surface area contributed by atoms with Crippen molar-refractivity contribution in [2.75, 3.05) is 20.2 Å². The Morgan fingerprint density at radius 1 is 1.06 bits per heavy atom. The quantitative estimate of drug-likeness (QED) is 0.280. The van der Waals surface area contributed by atoms with Crippen LogP contribution >= 0.6 is 11.8 Å². The first-order valence-electron chi connectivity index (χ1n) is 11.4. The fraction of sp³-hybridized carbons (Fsp3) is 0.222. The number of carbonyl (C=O) groups excluding carboxylic acids is 1. The van der Waals surface area contributed by atoms with Crippen LogP contribution in [0.3, 0.4) is 0 Å². The van der Waals surface area contributed by atoms with Crippen molar-refractivity contribution in [2.45, 2.75) is 23.8 Å². The highest BCUT2D eigenvalue weighted by molar-refractivity contribution is 7.98. The third-order valence-corrected chi connectivity index (χ3v) is 7.11. The number of thioether (sulfide) groups is 1. The second kappa shape index (κ2) is 9.92. The first kappa shape index (κ1) is 23.1. The van der Waals surface area contributed by atoms with Crippen molar-refractivity contribution in [3.8, 4) is 11.4 Å². The van der Waals surface area contributed by atoms with Crippen molar-refractivity contribution in [1.82, 2.24) is 14.5 Å². The van der Waals surface area contributed by atoms with Crippen LogP contribution in [0.1, 0.15) is 28.8 Å². The molecule has 0 spiro atoms. The van der Waals surface area contributed by atoms with Crippen LogP contribution in [0.15, 0.2) is 76.7 Å². The summed E-state index contributed by atoms with van der Waals surface area (Å²) in [5.41, 5.74) is 1.85. The highest BCUT2D eigenvalue weighted by Gasteiger charge is 2.21. The number of benzene rings is 3. The molecule has 6 nitrogen and oxygen atoms in total. The molecule has 1 aromatic heterocycles. The molecule has 35 heavy (non-hydrogen) atoms. The van der Waals surface area contributed by atoms with Gasteiger partial charge in [0.15, 0.2) is 5.16 Å². The molecule has 1 aliphatic rings. The fourth-order valence-electron chi connectivity index (χ4n) is 4.21. The van der Waals surface area contributed by atoms with Crippen molar-refractivity contribution in [1.29, 1.82) is 0 Å². The minimum Gasteiger partial charge on any atom is -0.497 e. The third-order valence-electron chi connectivity index (χ3n) is 6.12. The fourth-order valence-corrected chi connectivity index (χ4v) is 5.21. The van der Waals surface area contributed by atoms with Crippen molar-refractivity contribution < 1.29 is 13.9 Å². The summed E-state index contributed by atoms with van der Waals surface area (Å²) < 4.78 is 21.0. The third kappa shape index (κ3) is 4.66. The molecule has 1 fully saturated rings. The first-order valence-corrected chi connectivity index (χ1v) is 12.4. The normalized spacial score (nSPS) is 13.4. The number of amides is 1. The van der Waals surface area contributed by atoms with E-state index in [2.05, 4.69) is 0 Å². The SMILES string of the molecule is COc1ccc(-n2c(SCc3ccccc3F)nc3cc(C(=O)N4CCCC4)ccc3c2=O)cc1. The van der Waals surface area contributed by atoms with Gasteiger partial charge in [0, 0.05) is 24.4 Å². The maximum atomic E-state index is 14.3. The summed E-state index contributed by atoms with van der Waals surface area (Å²) in [4.78, 5) is 33.1. The number of aromatic nitrogens is 2. The lowest BCUT2D eigenvalue weighted by molar-refractivity contribution is 0.0793. The van der Waals surface area contributed by atoms with Crippen LogP contribution in [0.25, 0.3) is 16.6 Å². The molecule has 8 heteroatoms. The Kier molecular flexibility index (Phi) is 6.55. The molecule has 1 aliphatic heterocycles. The van der Waals surface area contributed by atoms with Crippen molar-refractivity contribution >= 4 is 28.6 Å². The molecule has 1 amide bonds. The van der Waals surface area contributed by atoms with E-state index in [-0.39, 0.29) is 17.3 Å². The van der Waals surface area contributed by atoms with Gasteiger partial charge in [0.2, 0.25) is 0 Å². The van der Waals surface area contributed by atoms with Crippen LogP contribution in [0.2, 0.25) is 0 Å². The molecular formula is C27H24FN3O3S. The van der Waals surface area contributed by atoms with Gasteiger partial charge in [-0.2, -0.15) is 0 Å². The largest absolute Gasteiger partial charge is 0.497 e. The summed E-state index contributed by atoms with van der Waals surface area (Å²) in [5.74, 6) is 0.609. The molecule has 0 N–H and O–H groups in total. The summed E-state index contributed by atoms with van der Waals surface area (Å²) in [6, 6.07) is 18.7. The maximum Gasteiger partial charge on any atom is 0.266 e. The van der Waals surface area contributed by atoms with E-state index in [1.165, 1.54) is 22.4 Å². The average molecular weight is 490 g/mol. The Balaban J connectivity index is 1.60. The number of halogens is 1. The van der Waals surface area contributed by atoms with Crippen molar-refractivity contribution in [3.63, 3.8) is 0 Å². The molecule has 4 aromatic rings. The van der Waals surface area contributed by atoms with Gasteiger partial charge >= 0.3 is 0 Å². The Hall–Kier alpha value is -3.65. The number of rotatable bonds is 6. The summed E-state index contributed by atoms with van der Waals surface area (Å²) in [6.07, 6.45) is 2.00. The van der Waals surface area contributed by atoms with Crippen molar-refractivity contribution in [2.24, 2.45) is 0 Å². The number of fused-ring (bicyclic) bond motifs is 1. The number of methoxy groups -OCH3 is 1. The lowest BCUT2D eigenvalue weighted by atomic mass is 10.1. The zero-order valence-electron chi connectivity index (χ0n) is 19.2. The minimum absolute atomic E-state index is 0.0499. The van der Waals surface area contributed by atoms with Gasteiger partial charge in [0.25, 0.3) is 11.5 Å². The van der Waals surface area contributed by atoms with Crippen LogP contribution in [0.5, 0.6) is 5.75 Å². The van der Waals surface area contributed by atoms with Crippen LogP contribution in [-0.4, -0.2) is 40.6 Å². The average Bonchev–Trinajstić information content (AvgIpc) is 3.43. The molecule has 3 aromatic carbocycles. The van der Waals surface area contributed by atoms with Gasteiger partial charge in [-0.25, -0.2) is 9.37 Å². The molecule has 1 saturated heterocycles. The van der Waals surface area contributed by atoms with E-state index in [1.54, 1.807) is 67.8 Å². The predicted molar refractivity (Wildman–Crippen MR) is 135 cm³/mol. The minimum atomic E-state index is -0.308. The summed E-state index contributed by atoms with van der Waals surface area (Å²) in [5, 5.41) is 0.829. The van der Waals surface area contributed by atoms with Crippen LogP contribution in [0, 0.1) is 5.82 Å². The highest BCUT2D eigenvalue weighted by Crippen LogP contribution is 2.27. The molecule has 0 aliphatic carbocycles. The van der Waals surface area contributed by atoms with Gasteiger partial charge < -0.3 is 9.64 Å². The van der Waals surface area contributed by atoms with E-state index in [1.807, 2.05) is 4.90 Å². The number of nitrogens with zero attached hydrogens (tertiary/aromatic N) is 3. The molecule has 178 valence electrons. The predicted octanol–water partition coefficient (Wildman–Crippen LogP) is 5.06. The zero-order chi connectivity index (χ0) is 24.4. The first-order chi connectivity index (χ1) is 17.0. The van der Waals surface area contributed by atoms with Gasteiger partial charge in [0.1, 0.15) is 11.6 Å². The molecule has 0 radical (unpaired) electrons. The molecule has 5 rings (SSSR count). The van der Waals surface area contributed by atoms with E-state index < -0.39 is 0 Å². The Morgan fingerprint density at radius 3 is 2.51 bits per heavy atom. The Morgan fingerprint density at radius 2 is 1.80 bits per heavy atom. The second-order valence-electron chi connectivity index (χ2n) is 8.34. The highest BCUT2D eigenvalue weighted by atomic mass is 32.2. The van der Waals surface area contributed by atoms with E-state index in [4.69, 9.17) is 9.72 Å². The number of carbonyl (C=O) groups is 1. The van der Waals surface area contributed by atoms with Gasteiger partial charge in [0.05, 0.1) is 23.7 Å². The molecule has 0 saturated carbocycles. The standard InChI is InChI=1S/C27H24FN3O3S/c1-34-21-11-9-20(10-12-21)31-26(33)22-13-8-18(25(32)30-14-4-5-15-30)16-24(22)29-27(31)35-17-19-6-2-3-7-23(19)28/h2-3,6-13,16H,4-5,14-15,17H2,1H3. The number of hydrogen-bond donors (Lipinski definition) is 0. The monoisotopic (exact) mass is 489 g/mol. The molecule has 2 heterocycles. The summed E-state index contributed by atoms with van der Waals surface area (Å²) in [6.45, 7) is 1.49. The molecule has 0 unspecified atom stereocenters. The summed E-state index contributed by atoms with van der Waals surface area (Å²) in [7, 11) is 1.58. The topological polar surface area (TPSA) is 64.4 Å². The van der Waals surface area contributed by atoms with E-state index in [9.17, 15) is 14.0 Å². The molecular weight excluding hydrogens is 465 g/mol. The Bertz CT molecular complexity index is 1450. The lowest BCUT2D eigenvalue weighted by Crippen LogP contribution is -2.28. The number of ether oxygens (including phenoxy) is 1. The van der Waals surface area contributed by atoms with Gasteiger partial charge in [-0.05, 0) is 66.9 Å². The molecule has 0 bridgehead atoms.